The average molecular weight is 310 g/mol. The van der Waals surface area contributed by atoms with Crippen LogP contribution in [-0.2, 0) is 24.5 Å². The van der Waals surface area contributed by atoms with Gasteiger partial charge in [-0.05, 0) is 28.8 Å². The van der Waals surface area contributed by atoms with Crippen LogP contribution in [0.4, 0.5) is 0 Å². The minimum Gasteiger partial charge on any atom is -0.372 e. The molecule has 2 aromatic carbocycles. The standard InChI is InChI=1S/C17H14N2O2S/c20-17(13-5-1-4-12-8-21-9-14(12)13)18-7-11-3-2-6-15-16(11)22-10-19-15/h1-6,10H,7-9H2,(H,18,20). The highest BCUT2D eigenvalue weighted by Gasteiger charge is 2.19. The Bertz CT molecular complexity index is 857. The van der Waals surface area contributed by atoms with Crippen LogP contribution in [0.1, 0.15) is 27.0 Å². The molecule has 1 aliphatic heterocycles. The van der Waals surface area contributed by atoms with Gasteiger partial charge in [-0.15, -0.1) is 11.3 Å². The highest BCUT2D eigenvalue weighted by Crippen LogP contribution is 2.24. The molecule has 0 saturated heterocycles. The molecule has 0 fully saturated rings. The number of aromatic nitrogens is 1. The quantitative estimate of drug-likeness (QED) is 0.808. The Balaban J connectivity index is 1.56. The number of carbonyl (C=O) groups is 1. The van der Waals surface area contributed by atoms with Gasteiger partial charge < -0.3 is 10.1 Å². The summed E-state index contributed by atoms with van der Waals surface area (Å²) in [5, 5.41) is 3.01. The van der Waals surface area contributed by atoms with E-state index in [9.17, 15) is 4.79 Å². The third kappa shape index (κ3) is 2.28. The Labute approximate surface area is 131 Å². The summed E-state index contributed by atoms with van der Waals surface area (Å²) in [5.74, 6) is -0.0520. The Morgan fingerprint density at radius 2 is 2.14 bits per heavy atom. The number of amides is 1. The number of nitrogens with zero attached hydrogens (tertiary/aromatic N) is 1. The van der Waals surface area contributed by atoms with Crippen LogP contribution in [0.5, 0.6) is 0 Å². The summed E-state index contributed by atoms with van der Waals surface area (Å²) in [6, 6.07) is 11.8. The zero-order valence-corrected chi connectivity index (χ0v) is 12.7. The lowest BCUT2D eigenvalue weighted by molar-refractivity contribution is 0.0945. The van der Waals surface area contributed by atoms with Gasteiger partial charge in [0.15, 0.2) is 0 Å². The van der Waals surface area contributed by atoms with Crippen LogP contribution in [0, 0.1) is 0 Å². The molecule has 1 aromatic heterocycles. The lowest BCUT2D eigenvalue weighted by Gasteiger charge is -2.09. The summed E-state index contributed by atoms with van der Waals surface area (Å²) in [6.07, 6.45) is 0. The predicted octanol–water partition coefficient (Wildman–Crippen LogP) is 3.26. The van der Waals surface area contributed by atoms with Gasteiger partial charge in [0.2, 0.25) is 0 Å². The molecule has 110 valence electrons. The van der Waals surface area contributed by atoms with Crippen LogP contribution >= 0.6 is 11.3 Å². The van der Waals surface area contributed by atoms with Crippen LogP contribution in [-0.4, -0.2) is 10.9 Å². The van der Waals surface area contributed by atoms with Crippen molar-refractivity contribution in [1.29, 1.82) is 0 Å². The molecule has 3 aromatic rings. The number of fused-ring (bicyclic) bond motifs is 2. The zero-order valence-electron chi connectivity index (χ0n) is 11.8. The van der Waals surface area contributed by atoms with E-state index in [0.717, 1.165) is 26.9 Å². The fourth-order valence-corrected chi connectivity index (χ4v) is 3.58. The molecule has 0 aliphatic carbocycles. The minimum atomic E-state index is -0.0520. The average Bonchev–Trinajstić information content (AvgIpc) is 3.20. The first-order chi connectivity index (χ1) is 10.8. The molecule has 0 spiro atoms. The monoisotopic (exact) mass is 310 g/mol. The van der Waals surface area contributed by atoms with E-state index in [4.69, 9.17) is 4.74 Å². The summed E-state index contributed by atoms with van der Waals surface area (Å²) >= 11 is 1.60. The van der Waals surface area contributed by atoms with E-state index in [1.54, 1.807) is 11.3 Å². The number of carbonyl (C=O) groups excluding carboxylic acids is 1. The van der Waals surface area contributed by atoms with Crippen molar-refractivity contribution >= 4 is 27.5 Å². The van der Waals surface area contributed by atoms with Crippen LogP contribution in [0.25, 0.3) is 10.2 Å². The van der Waals surface area contributed by atoms with Gasteiger partial charge in [0.05, 0.1) is 28.9 Å². The second-order valence-corrected chi connectivity index (χ2v) is 6.09. The number of nitrogens with one attached hydrogen (secondary N) is 1. The van der Waals surface area contributed by atoms with E-state index in [2.05, 4.69) is 10.3 Å². The molecule has 0 unspecified atom stereocenters. The first-order valence-electron chi connectivity index (χ1n) is 7.11. The van der Waals surface area contributed by atoms with Crippen molar-refractivity contribution < 1.29 is 9.53 Å². The smallest absolute Gasteiger partial charge is 0.251 e. The Hall–Kier alpha value is -2.24. The number of benzene rings is 2. The third-order valence-corrected chi connectivity index (χ3v) is 4.82. The molecule has 5 heteroatoms. The van der Waals surface area contributed by atoms with Crippen LogP contribution in [0.2, 0.25) is 0 Å². The topological polar surface area (TPSA) is 51.2 Å². The Kier molecular flexibility index (Phi) is 3.36. The zero-order chi connectivity index (χ0) is 14.9. The van der Waals surface area contributed by atoms with Crippen molar-refractivity contribution in [2.75, 3.05) is 0 Å². The third-order valence-electron chi connectivity index (χ3n) is 3.90. The molecule has 1 amide bonds. The molecule has 4 nitrogen and oxygen atoms in total. The maximum Gasteiger partial charge on any atom is 0.251 e. The van der Waals surface area contributed by atoms with Gasteiger partial charge in [-0.25, -0.2) is 4.98 Å². The summed E-state index contributed by atoms with van der Waals surface area (Å²) in [5.41, 5.74) is 6.74. The predicted molar refractivity (Wildman–Crippen MR) is 85.7 cm³/mol. The van der Waals surface area contributed by atoms with Crippen molar-refractivity contribution in [2.45, 2.75) is 19.8 Å². The molecule has 0 radical (unpaired) electrons. The van der Waals surface area contributed by atoms with E-state index in [1.165, 1.54) is 0 Å². The number of ether oxygens (including phenoxy) is 1. The summed E-state index contributed by atoms with van der Waals surface area (Å²) in [4.78, 5) is 16.8. The Morgan fingerprint density at radius 1 is 1.23 bits per heavy atom. The van der Waals surface area contributed by atoms with E-state index >= 15 is 0 Å². The van der Waals surface area contributed by atoms with Gasteiger partial charge in [0, 0.05) is 12.1 Å². The largest absolute Gasteiger partial charge is 0.372 e. The number of hydrogen-bond acceptors (Lipinski definition) is 4. The normalized spacial score (nSPS) is 13.3. The lowest BCUT2D eigenvalue weighted by atomic mass is 10.0. The maximum absolute atomic E-state index is 12.5. The molecule has 2 heterocycles. The Morgan fingerprint density at radius 3 is 3.09 bits per heavy atom. The number of rotatable bonds is 3. The van der Waals surface area contributed by atoms with E-state index in [-0.39, 0.29) is 5.91 Å². The van der Waals surface area contributed by atoms with Crippen molar-refractivity contribution in [3.05, 3.63) is 64.2 Å². The van der Waals surface area contributed by atoms with Crippen LogP contribution in [0.3, 0.4) is 0 Å². The summed E-state index contributed by atoms with van der Waals surface area (Å²) in [6.45, 7) is 1.61. The second kappa shape index (κ2) is 5.51. The van der Waals surface area contributed by atoms with Crippen molar-refractivity contribution in [1.82, 2.24) is 10.3 Å². The molecule has 1 N–H and O–H groups in total. The van der Waals surface area contributed by atoms with E-state index in [1.807, 2.05) is 41.9 Å². The molecule has 0 bridgehead atoms. The fraction of sp³-hybridized carbons (Fsp3) is 0.176. The molecule has 4 rings (SSSR count). The SMILES string of the molecule is O=C(NCc1cccc2ncsc12)c1cccc2c1COC2. The van der Waals surface area contributed by atoms with Gasteiger partial charge in [0.1, 0.15) is 0 Å². The minimum absolute atomic E-state index is 0.0520. The van der Waals surface area contributed by atoms with Gasteiger partial charge in [-0.3, -0.25) is 4.79 Å². The molecule has 0 atom stereocenters. The van der Waals surface area contributed by atoms with Crippen molar-refractivity contribution in [2.24, 2.45) is 0 Å². The second-order valence-electron chi connectivity index (χ2n) is 5.24. The summed E-state index contributed by atoms with van der Waals surface area (Å²) in [7, 11) is 0. The number of hydrogen-bond donors (Lipinski definition) is 1. The molecular weight excluding hydrogens is 296 g/mol. The highest BCUT2D eigenvalue weighted by molar-refractivity contribution is 7.16. The van der Waals surface area contributed by atoms with Gasteiger partial charge in [-0.2, -0.15) is 0 Å². The first-order valence-corrected chi connectivity index (χ1v) is 7.99. The van der Waals surface area contributed by atoms with Gasteiger partial charge in [0.25, 0.3) is 5.91 Å². The maximum atomic E-state index is 12.5. The van der Waals surface area contributed by atoms with Crippen molar-refractivity contribution in [3.63, 3.8) is 0 Å². The van der Waals surface area contributed by atoms with Crippen LogP contribution < -0.4 is 5.32 Å². The molecule has 22 heavy (non-hydrogen) atoms. The molecule has 1 aliphatic rings. The molecule has 0 saturated carbocycles. The molecular formula is C17H14N2O2S. The first kappa shape index (κ1) is 13.4. The summed E-state index contributed by atoms with van der Waals surface area (Å²) < 4.78 is 6.56. The van der Waals surface area contributed by atoms with E-state index in [0.29, 0.717) is 25.3 Å². The van der Waals surface area contributed by atoms with Crippen molar-refractivity contribution in [3.8, 4) is 0 Å². The highest BCUT2D eigenvalue weighted by atomic mass is 32.1. The fourth-order valence-electron chi connectivity index (χ4n) is 2.77. The van der Waals surface area contributed by atoms with Crippen LogP contribution in [0.15, 0.2) is 41.9 Å². The number of thiazole rings is 1. The lowest BCUT2D eigenvalue weighted by Crippen LogP contribution is -2.24. The van der Waals surface area contributed by atoms with E-state index < -0.39 is 0 Å². The van der Waals surface area contributed by atoms with Gasteiger partial charge >= 0.3 is 0 Å². The van der Waals surface area contributed by atoms with Gasteiger partial charge in [-0.1, -0.05) is 24.3 Å².